The normalized spacial score (nSPS) is 23.4. The van der Waals surface area contributed by atoms with Gasteiger partial charge in [0.15, 0.2) is 0 Å². The zero-order valence-corrected chi connectivity index (χ0v) is 11.3. The van der Waals surface area contributed by atoms with Crippen molar-refractivity contribution >= 4 is 5.91 Å². The zero-order valence-electron chi connectivity index (χ0n) is 11.3. The number of phenols is 1. The van der Waals surface area contributed by atoms with Crippen LogP contribution in [0.3, 0.4) is 0 Å². The molecule has 0 bridgehead atoms. The van der Waals surface area contributed by atoms with E-state index in [-0.39, 0.29) is 11.7 Å². The molecule has 2 saturated heterocycles. The zero-order chi connectivity index (χ0) is 13.4. The van der Waals surface area contributed by atoms with Crippen LogP contribution in [0.4, 0.5) is 0 Å². The van der Waals surface area contributed by atoms with Crippen LogP contribution in [0.25, 0.3) is 0 Å². The molecule has 2 aliphatic rings. The minimum absolute atomic E-state index is 0.0555. The molecule has 0 aliphatic carbocycles. The Balaban J connectivity index is 1.79. The van der Waals surface area contributed by atoms with E-state index in [0.29, 0.717) is 17.2 Å². The van der Waals surface area contributed by atoms with Crippen LogP contribution < -0.4 is 0 Å². The number of fused-ring (bicyclic) bond motifs is 1. The van der Waals surface area contributed by atoms with Crippen molar-refractivity contribution in [1.82, 2.24) is 9.80 Å². The summed E-state index contributed by atoms with van der Waals surface area (Å²) in [6, 6.07) is 5.70. The van der Waals surface area contributed by atoms with Crippen molar-refractivity contribution in [3.8, 4) is 5.75 Å². The predicted octanol–water partition coefficient (Wildman–Crippen LogP) is 1.62. The lowest BCUT2D eigenvalue weighted by Crippen LogP contribution is -2.52. The van der Waals surface area contributed by atoms with E-state index in [1.165, 1.54) is 19.4 Å². The van der Waals surface area contributed by atoms with E-state index in [1.807, 2.05) is 4.90 Å². The Morgan fingerprint density at radius 3 is 3.00 bits per heavy atom. The molecule has 3 rings (SSSR count). The SMILES string of the molecule is Cc1c(O)cccc1C(=O)N1CCN2CCCC2C1. The average Bonchev–Trinajstić information content (AvgIpc) is 2.88. The molecule has 2 aliphatic heterocycles. The van der Waals surface area contributed by atoms with Crippen LogP contribution in [-0.2, 0) is 0 Å². The lowest BCUT2D eigenvalue weighted by atomic mass is 10.0. The van der Waals surface area contributed by atoms with Crippen LogP contribution in [0, 0.1) is 6.92 Å². The fourth-order valence-electron chi connectivity index (χ4n) is 3.20. The molecule has 1 aromatic rings. The molecule has 0 aromatic heterocycles. The molecule has 1 unspecified atom stereocenters. The summed E-state index contributed by atoms with van der Waals surface area (Å²) >= 11 is 0. The average molecular weight is 260 g/mol. The van der Waals surface area contributed by atoms with Gasteiger partial charge >= 0.3 is 0 Å². The van der Waals surface area contributed by atoms with Gasteiger partial charge in [-0.15, -0.1) is 0 Å². The van der Waals surface area contributed by atoms with Gasteiger partial charge in [0.25, 0.3) is 5.91 Å². The Labute approximate surface area is 113 Å². The predicted molar refractivity (Wildman–Crippen MR) is 73.3 cm³/mol. The molecule has 102 valence electrons. The Hall–Kier alpha value is -1.55. The molecule has 4 nitrogen and oxygen atoms in total. The fourth-order valence-corrected chi connectivity index (χ4v) is 3.20. The topological polar surface area (TPSA) is 43.8 Å². The third-order valence-corrected chi connectivity index (χ3v) is 4.41. The molecule has 2 fully saturated rings. The maximum atomic E-state index is 12.6. The van der Waals surface area contributed by atoms with Crippen LogP contribution >= 0.6 is 0 Å². The molecule has 0 spiro atoms. The monoisotopic (exact) mass is 260 g/mol. The minimum atomic E-state index is 0.0555. The highest BCUT2D eigenvalue weighted by Crippen LogP contribution is 2.25. The molecular formula is C15H20N2O2. The van der Waals surface area contributed by atoms with Crippen molar-refractivity contribution in [3.05, 3.63) is 29.3 Å². The highest BCUT2D eigenvalue weighted by Gasteiger charge is 2.33. The van der Waals surface area contributed by atoms with E-state index >= 15 is 0 Å². The lowest BCUT2D eigenvalue weighted by molar-refractivity contribution is 0.0570. The second-order valence-corrected chi connectivity index (χ2v) is 5.53. The number of nitrogens with zero attached hydrogens (tertiary/aromatic N) is 2. The van der Waals surface area contributed by atoms with E-state index in [0.717, 1.165) is 19.6 Å². The molecule has 4 heteroatoms. The first kappa shape index (κ1) is 12.5. The number of rotatable bonds is 1. The van der Waals surface area contributed by atoms with Crippen molar-refractivity contribution in [2.24, 2.45) is 0 Å². The molecule has 1 amide bonds. The molecule has 1 atom stereocenters. The Morgan fingerprint density at radius 1 is 1.32 bits per heavy atom. The summed E-state index contributed by atoms with van der Waals surface area (Å²) in [6.07, 6.45) is 2.45. The Kier molecular flexibility index (Phi) is 3.19. The lowest BCUT2D eigenvalue weighted by Gasteiger charge is -2.37. The van der Waals surface area contributed by atoms with Gasteiger partial charge in [-0.1, -0.05) is 6.07 Å². The Morgan fingerprint density at radius 2 is 2.16 bits per heavy atom. The van der Waals surface area contributed by atoms with Crippen molar-refractivity contribution in [2.75, 3.05) is 26.2 Å². The maximum absolute atomic E-state index is 12.6. The standard InChI is InChI=1S/C15H20N2O2/c1-11-13(5-2-6-14(11)18)15(19)17-9-8-16-7-3-4-12(16)10-17/h2,5-6,12,18H,3-4,7-10H2,1H3. The highest BCUT2D eigenvalue weighted by atomic mass is 16.3. The maximum Gasteiger partial charge on any atom is 0.254 e. The summed E-state index contributed by atoms with van der Waals surface area (Å²) in [7, 11) is 0. The molecular weight excluding hydrogens is 240 g/mol. The summed E-state index contributed by atoms with van der Waals surface area (Å²) in [4.78, 5) is 17.0. The summed E-state index contributed by atoms with van der Waals surface area (Å²) in [6.45, 7) is 5.58. The molecule has 1 aromatic carbocycles. The van der Waals surface area contributed by atoms with Crippen LogP contribution in [0.2, 0.25) is 0 Å². The number of benzene rings is 1. The van der Waals surface area contributed by atoms with E-state index < -0.39 is 0 Å². The first-order valence-electron chi connectivity index (χ1n) is 6.98. The number of aromatic hydroxyl groups is 1. The second kappa shape index (κ2) is 4.85. The highest BCUT2D eigenvalue weighted by molar-refractivity contribution is 5.96. The summed E-state index contributed by atoms with van der Waals surface area (Å²) in [5.74, 6) is 0.255. The molecule has 2 heterocycles. The first-order chi connectivity index (χ1) is 9.16. The largest absolute Gasteiger partial charge is 0.508 e. The van der Waals surface area contributed by atoms with Gasteiger partial charge < -0.3 is 10.0 Å². The van der Waals surface area contributed by atoms with Crippen molar-refractivity contribution in [3.63, 3.8) is 0 Å². The summed E-state index contributed by atoms with van der Waals surface area (Å²) in [5, 5.41) is 9.72. The van der Waals surface area contributed by atoms with E-state index in [9.17, 15) is 9.90 Å². The molecule has 0 radical (unpaired) electrons. The van der Waals surface area contributed by atoms with Crippen molar-refractivity contribution in [2.45, 2.75) is 25.8 Å². The van der Waals surface area contributed by atoms with E-state index in [1.54, 1.807) is 25.1 Å². The van der Waals surface area contributed by atoms with E-state index in [2.05, 4.69) is 4.90 Å². The minimum Gasteiger partial charge on any atom is -0.508 e. The van der Waals surface area contributed by atoms with Gasteiger partial charge in [0.1, 0.15) is 5.75 Å². The van der Waals surface area contributed by atoms with Gasteiger partial charge in [-0.3, -0.25) is 9.69 Å². The number of carbonyl (C=O) groups excluding carboxylic acids is 1. The van der Waals surface area contributed by atoms with Gasteiger partial charge in [0.2, 0.25) is 0 Å². The molecule has 19 heavy (non-hydrogen) atoms. The third-order valence-electron chi connectivity index (χ3n) is 4.41. The van der Waals surface area contributed by atoms with Gasteiger partial charge in [-0.2, -0.15) is 0 Å². The Bertz CT molecular complexity index is 501. The number of hydrogen-bond acceptors (Lipinski definition) is 3. The summed E-state index contributed by atoms with van der Waals surface area (Å²) in [5.41, 5.74) is 1.31. The van der Waals surface area contributed by atoms with Gasteiger partial charge in [0.05, 0.1) is 0 Å². The quantitative estimate of drug-likeness (QED) is 0.834. The number of piperazine rings is 1. The molecule has 1 N–H and O–H groups in total. The third kappa shape index (κ3) is 2.21. The smallest absolute Gasteiger partial charge is 0.254 e. The van der Waals surface area contributed by atoms with Crippen molar-refractivity contribution in [1.29, 1.82) is 0 Å². The van der Waals surface area contributed by atoms with Crippen LogP contribution in [0.5, 0.6) is 5.75 Å². The number of phenolic OH excluding ortho intramolecular Hbond substituents is 1. The number of amides is 1. The fraction of sp³-hybridized carbons (Fsp3) is 0.533. The second-order valence-electron chi connectivity index (χ2n) is 5.53. The van der Waals surface area contributed by atoms with Crippen molar-refractivity contribution < 1.29 is 9.90 Å². The van der Waals surface area contributed by atoms with Gasteiger partial charge in [-0.25, -0.2) is 0 Å². The van der Waals surface area contributed by atoms with Crippen LogP contribution in [-0.4, -0.2) is 53.0 Å². The van der Waals surface area contributed by atoms with Gasteiger partial charge in [-0.05, 0) is 38.4 Å². The van der Waals surface area contributed by atoms with Crippen LogP contribution in [0.15, 0.2) is 18.2 Å². The van der Waals surface area contributed by atoms with Gasteiger partial charge in [0, 0.05) is 36.8 Å². The van der Waals surface area contributed by atoms with Crippen LogP contribution in [0.1, 0.15) is 28.8 Å². The molecule has 0 saturated carbocycles. The number of hydrogen-bond donors (Lipinski definition) is 1. The summed E-state index contributed by atoms with van der Waals surface area (Å²) < 4.78 is 0. The van der Waals surface area contributed by atoms with E-state index in [4.69, 9.17) is 0 Å². The first-order valence-corrected chi connectivity index (χ1v) is 6.98. The number of carbonyl (C=O) groups is 1.